The number of halogens is 6. The molecular weight excluding hydrogens is 790 g/mol. The van der Waals surface area contributed by atoms with Crippen LogP contribution in [0.25, 0.3) is 0 Å². The molecule has 0 aliphatic carbocycles. The molecule has 1 aromatic heterocycles. The van der Waals surface area contributed by atoms with Crippen molar-refractivity contribution in [2.75, 3.05) is 0 Å². The summed E-state index contributed by atoms with van der Waals surface area (Å²) < 4.78 is 25.5. The van der Waals surface area contributed by atoms with Crippen LogP contribution in [-0.2, 0) is 0 Å². The van der Waals surface area contributed by atoms with E-state index < -0.39 is 5.82 Å². The predicted octanol–water partition coefficient (Wildman–Crippen LogP) is 3.46. The van der Waals surface area contributed by atoms with Gasteiger partial charge >= 0.3 is 0 Å². The van der Waals surface area contributed by atoms with Crippen LogP contribution >= 0.6 is 46.4 Å². The molecule has 0 fully saturated rings. The van der Waals surface area contributed by atoms with Gasteiger partial charge < -0.3 is 45.9 Å². The second-order valence-corrected chi connectivity index (χ2v) is 10.9. The van der Waals surface area contributed by atoms with Crippen molar-refractivity contribution in [1.82, 2.24) is 4.98 Å². The molecule has 0 amide bonds. The van der Waals surface area contributed by atoms with Crippen molar-refractivity contribution in [2.24, 2.45) is 86.7 Å². The summed E-state index contributed by atoms with van der Waals surface area (Å²) >= 11 is 22.7. The largest absolute Gasteiger partial charge is 0.369 e. The number of nitrogens with zero attached hydrogens (tertiary/aromatic N) is 9. The number of rotatable bonds is 8. The number of guanidine groups is 4. The third-order valence-electron chi connectivity index (χ3n) is 5.02. The van der Waals surface area contributed by atoms with Gasteiger partial charge in [0.2, 0.25) is 23.8 Å². The molecule has 284 valence electrons. The Hall–Kier alpha value is -6.41. The highest BCUT2D eigenvalue weighted by Gasteiger charge is 2.02. The summed E-state index contributed by atoms with van der Waals surface area (Å²) in [6, 6.07) is 20.7. The number of benzene rings is 3. The minimum atomic E-state index is -0.514. The van der Waals surface area contributed by atoms with Crippen LogP contribution in [0.15, 0.2) is 120 Å². The molecule has 4 aromatic rings. The van der Waals surface area contributed by atoms with E-state index in [0.29, 0.717) is 26.9 Å². The van der Waals surface area contributed by atoms with Gasteiger partial charge in [-0.15, -0.1) is 20.4 Å². The van der Waals surface area contributed by atoms with Crippen LogP contribution in [0.5, 0.6) is 0 Å². The first-order chi connectivity index (χ1) is 25.6. The van der Waals surface area contributed by atoms with E-state index in [1.807, 2.05) is 12.1 Å². The van der Waals surface area contributed by atoms with Crippen molar-refractivity contribution in [1.29, 1.82) is 0 Å². The van der Waals surface area contributed by atoms with Gasteiger partial charge in [-0.3, -0.25) is 0 Å². The van der Waals surface area contributed by atoms with Crippen molar-refractivity contribution in [3.63, 3.8) is 0 Å². The smallest absolute Gasteiger partial charge is 0.211 e. The molecule has 16 N–H and O–H groups in total. The van der Waals surface area contributed by atoms with E-state index in [9.17, 15) is 8.78 Å². The van der Waals surface area contributed by atoms with Crippen LogP contribution in [0.3, 0.4) is 0 Å². The second kappa shape index (κ2) is 25.5. The fraction of sp³-hybridized carbons (Fsp3) is 0. The van der Waals surface area contributed by atoms with Crippen LogP contribution in [0.4, 0.5) is 8.78 Å². The highest BCUT2D eigenvalue weighted by atomic mass is 35.5. The maximum Gasteiger partial charge on any atom is 0.211 e. The minimum absolute atomic E-state index is 0.0120. The molecule has 54 heavy (non-hydrogen) atoms. The van der Waals surface area contributed by atoms with E-state index in [-0.39, 0.29) is 39.8 Å². The third-order valence-corrected chi connectivity index (χ3v) is 6.17. The lowest BCUT2D eigenvalue weighted by Gasteiger charge is -1.96. The van der Waals surface area contributed by atoms with E-state index in [0.717, 1.165) is 5.56 Å². The molecular formula is C31H33Cl4F2N17. The van der Waals surface area contributed by atoms with Crippen LogP contribution in [-0.4, -0.2) is 53.7 Å². The van der Waals surface area contributed by atoms with Crippen molar-refractivity contribution in [2.45, 2.75) is 0 Å². The van der Waals surface area contributed by atoms with Gasteiger partial charge in [0, 0.05) is 16.1 Å². The third kappa shape index (κ3) is 21.7. The second-order valence-electron chi connectivity index (χ2n) is 9.34. The van der Waals surface area contributed by atoms with Gasteiger partial charge in [-0.25, -0.2) is 13.8 Å². The van der Waals surface area contributed by atoms with Crippen molar-refractivity contribution >= 4 is 95.1 Å². The Kier molecular flexibility index (Phi) is 21.6. The molecule has 0 saturated heterocycles. The molecule has 0 unspecified atom stereocenters. The zero-order valence-corrected chi connectivity index (χ0v) is 30.8. The maximum absolute atomic E-state index is 12.9. The molecule has 0 radical (unpaired) electrons. The lowest BCUT2D eigenvalue weighted by atomic mass is 10.2. The fourth-order valence-corrected chi connectivity index (χ4v) is 3.72. The molecule has 0 spiro atoms. The quantitative estimate of drug-likeness (QED) is 0.0557. The van der Waals surface area contributed by atoms with Gasteiger partial charge in [-0.1, -0.05) is 82.8 Å². The van der Waals surface area contributed by atoms with Crippen molar-refractivity contribution in [3.8, 4) is 0 Å². The fourth-order valence-electron chi connectivity index (χ4n) is 2.95. The highest BCUT2D eigenvalue weighted by Crippen LogP contribution is 2.18. The number of hydrogen-bond acceptors (Lipinski definition) is 9. The van der Waals surface area contributed by atoms with Gasteiger partial charge in [0.1, 0.15) is 21.9 Å². The number of aromatic nitrogens is 1. The summed E-state index contributed by atoms with van der Waals surface area (Å²) in [5.41, 5.74) is 42.8. The van der Waals surface area contributed by atoms with Gasteiger partial charge in [0.15, 0.2) is 0 Å². The Morgan fingerprint density at radius 2 is 0.981 bits per heavy atom. The summed E-state index contributed by atoms with van der Waals surface area (Å²) in [5.74, 6) is -1.34. The average molecular weight is 824 g/mol. The lowest BCUT2D eigenvalue weighted by Crippen LogP contribution is -2.21. The summed E-state index contributed by atoms with van der Waals surface area (Å²) in [7, 11) is 0. The van der Waals surface area contributed by atoms with E-state index in [1.54, 1.807) is 42.5 Å². The first-order valence-electron chi connectivity index (χ1n) is 14.3. The number of nitrogens with two attached hydrogens (primary N) is 8. The Morgan fingerprint density at radius 1 is 0.519 bits per heavy atom. The summed E-state index contributed by atoms with van der Waals surface area (Å²) in [5, 5.41) is 29.0. The zero-order chi connectivity index (χ0) is 40.5. The highest BCUT2D eigenvalue weighted by molar-refractivity contribution is 6.34. The SMILES string of the molecule is NC(N)=N/N=C/c1ccc(Cl)nc1Cl.NC(N)=N/N=C/c1cccc(Cl)c1.NC(N)=N/N=C/c1cccc(F)c1.NC(N)=N/N=C/c1cccc(F)c1Cl. The average Bonchev–Trinajstić information content (AvgIpc) is 3.08. The van der Waals surface area contributed by atoms with E-state index >= 15 is 0 Å². The van der Waals surface area contributed by atoms with Crippen LogP contribution in [0, 0.1) is 11.6 Å². The summed E-state index contributed by atoms with van der Waals surface area (Å²) in [4.78, 5) is 3.80. The van der Waals surface area contributed by atoms with Crippen LogP contribution < -0.4 is 45.9 Å². The Bertz CT molecular complexity index is 1970. The predicted molar refractivity (Wildman–Crippen MR) is 217 cm³/mol. The van der Waals surface area contributed by atoms with Gasteiger partial charge in [-0.05, 0) is 53.6 Å². The summed E-state index contributed by atoms with van der Waals surface area (Å²) in [6.07, 6.45) is 5.53. The maximum atomic E-state index is 12.9. The van der Waals surface area contributed by atoms with Gasteiger partial charge in [0.05, 0.1) is 29.9 Å². The minimum Gasteiger partial charge on any atom is -0.369 e. The molecule has 0 bridgehead atoms. The number of pyridine rings is 1. The van der Waals surface area contributed by atoms with Crippen LogP contribution in [0.2, 0.25) is 20.4 Å². The first-order valence-corrected chi connectivity index (χ1v) is 15.8. The topological polar surface area (TPSA) is 320 Å². The van der Waals surface area contributed by atoms with Crippen LogP contribution in [0.1, 0.15) is 22.3 Å². The van der Waals surface area contributed by atoms with E-state index in [2.05, 4.69) is 45.8 Å². The van der Waals surface area contributed by atoms with Gasteiger partial charge in [0.25, 0.3) is 0 Å². The Morgan fingerprint density at radius 3 is 1.46 bits per heavy atom. The molecule has 23 heteroatoms. The molecule has 1 heterocycles. The first kappa shape index (κ1) is 45.6. The monoisotopic (exact) mass is 821 g/mol. The lowest BCUT2D eigenvalue weighted by molar-refractivity contribution is 0.627. The normalized spacial score (nSPS) is 10.3. The Balaban J connectivity index is 0.000000360. The van der Waals surface area contributed by atoms with Crippen molar-refractivity contribution < 1.29 is 8.78 Å². The molecule has 0 atom stereocenters. The molecule has 0 saturated carbocycles. The zero-order valence-electron chi connectivity index (χ0n) is 27.7. The van der Waals surface area contributed by atoms with E-state index in [1.165, 1.54) is 49.1 Å². The molecule has 0 aliphatic heterocycles. The summed E-state index contributed by atoms with van der Waals surface area (Å²) in [6.45, 7) is 0. The molecule has 3 aromatic carbocycles. The molecule has 4 rings (SSSR count). The van der Waals surface area contributed by atoms with E-state index in [4.69, 9.17) is 92.3 Å². The number of hydrogen-bond donors (Lipinski definition) is 8. The Labute approximate surface area is 327 Å². The molecule has 17 nitrogen and oxygen atoms in total. The van der Waals surface area contributed by atoms with Gasteiger partial charge in [-0.2, -0.15) is 20.4 Å². The molecule has 0 aliphatic rings. The van der Waals surface area contributed by atoms with Crippen molar-refractivity contribution in [3.05, 3.63) is 133 Å². The standard InChI is InChI=1S/C8H8ClFN4.C8H9ClN4.C8H9FN4.C7H7Cl2N5/c9-7-5(2-1-3-6(7)10)4-13-14-8(11)12;2*9-7-3-1-2-6(4-7)5-12-13-8(10)11;8-5-2-1-4(6(9)13-5)3-12-14-7(10)11/h1-4H,(H4,11,12,14);2*1-5H,(H4,10,11,13);1-3H,(H4,10,11,14)/b13-4+;2*12-5+;12-3+.